The topological polar surface area (TPSA) is 75.2 Å². The highest BCUT2D eigenvalue weighted by Crippen LogP contribution is 2.21. The molecule has 0 atom stereocenters. The van der Waals surface area contributed by atoms with Gasteiger partial charge in [0.15, 0.2) is 0 Å². The Morgan fingerprint density at radius 3 is 2.63 bits per heavy atom. The van der Waals surface area contributed by atoms with Gasteiger partial charge in [0.2, 0.25) is 15.4 Å². The number of halogens is 1. The van der Waals surface area contributed by atoms with Gasteiger partial charge in [-0.15, -0.1) is 10.2 Å². The third kappa shape index (κ3) is 3.42. The molecule has 1 aromatic heterocycles. The molecule has 0 aromatic carbocycles. The molecule has 0 bridgehead atoms. The van der Waals surface area contributed by atoms with E-state index in [0.29, 0.717) is 37.5 Å². The summed E-state index contributed by atoms with van der Waals surface area (Å²) < 4.78 is 0.264. The number of carbonyl (C=O) groups excluding carboxylic acids is 2. The Kier molecular flexibility index (Phi) is 4.71. The number of hydrogen-bond donors (Lipinski definition) is 1. The van der Waals surface area contributed by atoms with Gasteiger partial charge in [-0.25, -0.2) is 0 Å². The maximum Gasteiger partial charge on any atom is 0.284 e. The van der Waals surface area contributed by atoms with Crippen LogP contribution >= 0.6 is 22.9 Å². The van der Waals surface area contributed by atoms with Crippen molar-refractivity contribution in [1.82, 2.24) is 20.4 Å². The van der Waals surface area contributed by atoms with E-state index in [4.69, 9.17) is 11.6 Å². The number of nitrogens with zero attached hydrogens (tertiary/aromatic N) is 3. The summed E-state index contributed by atoms with van der Waals surface area (Å²) in [7, 11) is 0. The van der Waals surface area contributed by atoms with Crippen molar-refractivity contribution in [2.45, 2.75) is 19.8 Å². The normalized spacial score (nSPS) is 16.4. The first-order valence-corrected chi connectivity index (χ1v) is 7.37. The lowest BCUT2D eigenvalue weighted by atomic mass is 9.96. The second-order valence-corrected chi connectivity index (χ2v) is 5.88. The van der Waals surface area contributed by atoms with Crippen LogP contribution in [0.1, 0.15) is 29.6 Å². The van der Waals surface area contributed by atoms with Gasteiger partial charge in [0.05, 0.1) is 0 Å². The highest BCUT2D eigenvalue weighted by molar-refractivity contribution is 7.17. The molecule has 1 fully saturated rings. The van der Waals surface area contributed by atoms with Crippen LogP contribution in [0.2, 0.25) is 4.47 Å². The van der Waals surface area contributed by atoms with E-state index in [9.17, 15) is 9.59 Å². The lowest BCUT2D eigenvalue weighted by Crippen LogP contribution is -2.43. The molecule has 0 radical (unpaired) electrons. The lowest BCUT2D eigenvalue weighted by Gasteiger charge is -2.30. The Labute approximate surface area is 120 Å². The van der Waals surface area contributed by atoms with Crippen molar-refractivity contribution in [1.29, 1.82) is 0 Å². The number of carbonyl (C=O) groups is 2. The van der Waals surface area contributed by atoms with Crippen molar-refractivity contribution in [2.75, 3.05) is 19.6 Å². The first-order chi connectivity index (χ1) is 9.11. The van der Waals surface area contributed by atoms with Crippen LogP contribution in [0.5, 0.6) is 0 Å². The minimum Gasteiger partial charge on any atom is -0.356 e. The summed E-state index contributed by atoms with van der Waals surface area (Å²) in [5.41, 5.74) is 0. The van der Waals surface area contributed by atoms with E-state index in [0.717, 1.165) is 11.3 Å². The quantitative estimate of drug-likeness (QED) is 0.910. The molecule has 0 aliphatic carbocycles. The summed E-state index contributed by atoms with van der Waals surface area (Å²) in [6.45, 7) is 3.67. The monoisotopic (exact) mass is 302 g/mol. The van der Waals surface area contributed by atoms with Crippen LogP contribution in [0.15, 0.2) is 0 Å². The van der Waals surface area contributed by atoms with Crippen LogP contribution in [0.4, 0.5) is 0 Å². The summed E-state index contributed by atoms with van der Waals surface area (Å²) in [6.07, 6.45) is 1.37. The number of likely N-dealkylation sites (tertiary alicyclic amines) is 1. The third-order valence-electron chi connectivity index (χ3n) is 3.09. The van der Waals surface area contributed by atoms with Crippen molar-refractivity contribution < 1.29 is 9.59 Å². The molecule has 1 N–H and O–H groups in total. The van der Waals surface area contributed by atoms with Gasteiger partial charge in [0.1, 0.15) is 0 Å². The second-order valence-electron chi connectivity index (χ2n) is 4.32. The smallest absolute Gasteiger partial charge is 0.284 e. The predicted octanol–water partition coefficient (Wildman–Crippen LogP) is 1.18. The molecule has 1 aliphatic heterocycles. The first kappa shape index (κ1) is 14.2. The Bertz CT molecular complexity index is 471. The van der Waals surface area contributed by atoms with Crippen LogP contribution < -0.4 is 5.32 Å². The third-order valence-corrected chi connectivity index (χ3v) is 4.09. The molecule has 2 rings (SSSR count). The summed E-state index contributed by atoms with van der Waals surface area (Å²) in [4.78, 5) is 25.5. The highest BCUT2D eigenvalue weighted by Gasteiger charge is 2.28. The summed E-state index contributed by atoms with van der Waals surface area (Å²) in [5, 5.41) is 10.5. The maximum absolute atomic E-state index is 12.1. The number of piperidine rings is 1. The highest BCUT2D eigenvalue weighted by atomic mass is 35.5. The average molecular weight is 303 g/mol. The van der Waals surface area contributed by atoms with Gasteiger partial charge < -0.3 is 10.2 Å². The van der Waals surface area contributed by atoms with Crippen molar-refractivity contribution in [3.63, 3.8) is 0 Å². The second kappa shape index (κ2) is 6.29. The Morgan fingerprint density at radius 2 is 2.11 bits per heavy atom. The number of hydrogen-bond acceptors (Lipinski definition) is 5. The van der Waals surface area contributed by atoms with E-state index in [2.05, 4.69) is 15.5 Å². The number of amides is 2. The zero-order valence-electron chi connectivity index (χ0n) is 10.6. The SMILES string of the molecule is CCNC(=O)C1CCN(C(=O)c2nnc(Cl)s2)CC1. The summed E-state index contributed by atoms with van der Waals surface area (Å²) in [6, 6.07) is 0. The van der Waals surface area contributed by atoms with E-state index < -0.39 is 0 Å². The van der Waals surface area contributed by atoms with Crippen LogP contribution in [0.25, 0.3) is 0 Å². The molecule has 1 aliphatic rings. The molecule has 1 aromatic rings. The zero-order valence-corrected chi connectivity index (χ0v) is 12.1. The average Bonchev–Trinajstić information content (AvgIpc) is 2.85. The van der Waals surface area contributed by atoms with E-state index in [1.165, 1.54) is 0 Å². The fourth-order valence-electron chi connectivity index (χ4n) is 2.09. The van der Waals surface area contributed by atoms with Gasteiger partial charge in [-0.2, -0.15) is 0 Å². The molecule has 0 unspecified atom stereocenters. The molecule has 2 amide bonds. The van der Waals surface area contributed by atoms with Gasteiger partial charge in [-0.3, -0.25) is 9.59 Å². The van der Waals surface area contributed by atoms with Crippen molar-refractivity contribution in [3.05, 3.63) is 9.47 Å². The molecule has 19 heavy (non-hydrogen) atoms. The Hall–Kier alpha value is -1.21. The van der Waals surface area contributed by atoms with Gasteiger partial charge in [-0.1, -0.05) is 11.3 Å². The van der Waals surface area contributed by atoms with Gasteiger partial charge >= 0.3 is 0 Å². The largest absolute Gasteiger partial charge is 0.356 e. The fraction of sp³-hybridized carbons (Fsp3) is 0.636. The van der Waals surface area contributed by atoms with Crippen LogP contribution in [0, 0.1) is 5.92 Å². The van der Waals surface area contributed by atoms with Crippen molar-refractivity contribution in [2.24, 2.45) is 5.92 Å². The predicted molar refractivity (Wildman–Crippen MR) is 72.2 cm³/mol. The lowest BCUT2D eigenvalue weighted by molar-refractivity contribution is -0.126. The van der Waals surface area contributed by atoms with E-state index in [-0.39, 0.29) is 22.2 Å². The minimum absolute atomic E-state index is 0.00186. The zero-order chi connectivity index (χ0) is 13.8. The van der Waals surface area contributed by atoms with Gasteiger partial charge in [-0.05, 0) is 31.4 Å². The molecular formula is C11H15ClN4O2S. The molecular weight excluding hydrogens is 288 g/mol. The standard InChI is InChI=1S/C11H15ClN4O2S/c1-2-13-8(17)7-3-5-16(6-4-7)10(18)9-14-15-11(12)19-9/h7H,2-6H2,1H3,(H,13,17). The van der Waals surface area contributed by atoms with E-state index >= 15 is 0 Å². The maximum atomic E-state index is 12.1. The van der Waals surface area contributed by atoms with E-state index in [1.54, 1.807) is 4.90 Å². The summed E-state index contributed by atoms with van der Waals surface area (Å²) in [5.74, 6) is -0.0747. The van der Waals surface area contributed by atoms with Gasteiger partial charge in [0.25, 0.3) is 5.91 Å². The van der Waals surface area contributed by atoms with Crippen molar-refractivity contribution >= 4 is 34.8 Å². The Morgan fingerprint density at radius 1 is 1.42 bits per heavy atom. The van der Waals surface area contributed by atoms with E-state index in [1.807, 2.05) is 6.92 Å². The molecule has 6 nitrogen and oxygen atoms in total. The number of rotatable bonds is 3. The first-order valence-electron chi connectivity index (χ1n) is 6.17. The van der Waals surface area contributed by atoms with Crippen LogP contribution in [-0.4, -0.2) is 46.5 Å². The number of aromatic nitrogens is 2. The minimum atomic E-state index is -0.154. The van der Waals surface area contributed by atoms with Gasteiger partial charge in [0, 0.05) is 25.6 Å². The molecule has 2 heterocycles. The molecule has 1 saturated heterocycles. The molecule has 8 heteroatoms. The summed E-state index contributed by atoms with van der Waals surface area (Å²) >= 11 is 6.74. The Balaban J connectivity index is 1.89. The molecule has 104 valence electrons. The fourth-order valence-corrected chi connectivity index (χ4v) is 2.89. The van der Waals surface area contributed by atoms with Crippen LogP contribution in [0.3, 0.4) is 0 Å². The molecule has 0 saturated carbocycles. The van der Waals surface area contributed by atoms with Crippen molar-refractivity contribution in [3.8, 4) is 0 Å². The molecule has 0 spiro atoms. The van der Waals surface area contributed by atoms with Crippen LogP contribution in [-0.2, 0) is 4.79 Å². The number of nitrogens with one attached hydrogen (secondary N) is 1.